The number of ether oxygens (including phenoxy) is 2. The Hall–Kier alpha value is -1.62. The molecule has 0 aromatic heterocycles. The number of unbranched alkanes of at least 4 members (excludes halogenated alkanes) is 54. The number of esters is 2. The molecule has 0 spiro atoms. The molecule has 0 saturated heterocycles. The maximum absolute atomic E-state index is 12.4. The summed E-state index contributed by atoms with van der Waals surface area (Å²) in [5.41, 5.74) is 0. The predicted molar refractivity (Wildman–Crippen MR) is 335 cm³/mol. The highest BCUT2D eigenvalue weighted by Crippen LogP contribution is 2.19. The molecule has 0 aromatic rings. The second kappa shape index (κ2) is 67.7. The van der Waals surface area contributed by atoms with E-state index in [0.29, 0.717) is 12.8 Å². The predicted octanol–water partition coefficient (Wildman–Crippen LogP) is 24.0. The van der Waals surface area contributed by atoms with E-state index in [9.17, 15) is 14.7 Å². The normalized spacial score (nSPS) is 12.2. The molecule has 0 amide bonds. The van der Waals surface area contributed by atoms with Gasteiger partial charge in [-0.25, -0.2) is 0 Å². The van der Waals surface area contributed by atoms with Crippen LogP contribution in [-0.4, -0.2) is 36.4 Å². The van der Waals surface area contributed by atoms with Gasteiger partial charge in [0, 0.05) is 12.8 Å². The molecule has 0 aromatic carbocycles. The van der Waals surface area contributed by atoms with Crippen LogP contribution in [0.5, 0.6) is 0 Å². The number of hydrogen-bond acceptors (Lipinski definition) is 5. The topological polar surface area (TPSA) is 72.8 Å². The van der Waals surface area contributed by atoms with Crippen molar-refractivity contribution in [2.45, 2.75) is 405 Å². The molecule has 0 saturated carbocycles. The lowest BCUT2D eigenvalue weighted by molar-refractivity contribution is -0.161. The lowest BCUT2D eigenvalue weighted by atomic mass is 10.0. The number of allylic oxidation sites excluding steroid dienone is 4. The third-order valence-corrected chi connectivity index (χ3v) is 16.2. The van der Waals surface area contributed by atoms with Gasteiger partial charge in [0.15, 0.2) is 6.10 Å². The molecule has 0 aliphatic carbocycles. The zero-order valence-corrected chi connectivity index (χ0v) is 51.8. The van der Waals surface area contributed by atoms with E-state index in [1.54, 1.807) is 0 Å². The molecule has 0 bridgehead atoms. The Morgan fingerprint density at radius 2 is 0.487 bits per heavy atom. The van der Waals surface area contributed by atoms with Gasteiger partial charge in [0.05, 0.1) is 6.61 Å². The first-order chi connectivity index (χ1) is 37.6. The summed E-state index contributed by atoms with van der Waals surface area (Å²) in [4.78, 5) is 24.6. The number of carbonyl (C=O) groups is 2. The highest BCUT2D eigenvalue weighted by Gasteiger charge is 2.16. The van der Waals surface area contributed by atoms with Gasteiger partial charge in [-0.15, -0.1) is 0 Å². The fraction of sp³-hybridized carbons (Fsp3) is 0.915. The third-order valence-electron chi connectivity index (χ3n) is 16.2. The minimum absolute atomic E-state index is 0.0583. The molecular weight excluding hydrogens is 933 g/mol. The average molecular weight is 1070 g/mol. The third kappa shape index (κ3) is 64.9. The number of aliphatic hydroxyl groups excluding tert-OH is 1. The lowest BCUT2D eigenvalue weighted by Crippen LogP contribution is -2.28. The molecule has 5 heteroatoms. The van der Waals surface area contributed by atoms with Gasteiger partial charge in [-0.05, 0) is 64.2 Å². The van der Waals surface area contributed by atoms with Crippen LogP contribution in [0.25, 0.3) is 0 Å². The Bertz CT molecular complexity index is 1160. The van der Waals surface area contributed by atoms with Gasteiger partial charge < -0.3 is 14.6 Å². The number of rotatable bonds is 66. The van der Waals surface area contributed by atoms with Crippen LogP contribution < -0.4 is 0 Å². The summed E-state index contributed by atoms with van der Waals surface area (Å²) < 4.78 is 10.8. The number of hydrogen-bond donors (Lipinski definition) is 1. The van der Waals surface area contributed by atoms with E-state index < -0.39 is 6.10 Å². The maximum atomic E-state index is 12.4. The Morgan fingerprint density at radius 1 is 0.289 bits per heavy atom. The van der Waals surface area contributed by atoms with E-state index in [1.165, 1.54) is 340 Å². The van der Waals surface area contributed by atoms with Crippen LogP contribution in [0.4, 0.5) is 0 Å². The van der Waals surface area contributed by atoms with Crippen molar-refractivity contribution in [1.29, 1.82) is 0 Å². The van der Waals surface area contributed by atoms with E-state index in [1.807, 2.05) is 0 Å². The molecule has 1 atom stereocenters. The quantitative estimate of drug-likeness (QED) is 0.0373. The molecular formula is C71H136O5. The van der Waals surface area contributed by atoms with Gasteiger partial charge in [0.1, 0.15) is 6.61 Å². The van der Waals surface area contributed by atoms with Crippen LogP contribution in [0, 0.1) is 0 Å². The van der Waals surface area contributed by atoms with Gasteiger partial charge in [-0.1, -0.05) is 346 Å². The second-order valence-electron chi connectivity index (χ2n) is 24.0. The minimum Gasteiger partial charge on any atom is -0.462 e. The van der Waals surface area contributed by atoms with Crippen molar-refractivity contribution in [2.24, 2.45) is 0 Å². The van der Waals surface area contributed by atoms with Crippen LogP contribution >= 0.6 is 0 Å². The molecule has 1 N–H and O–H groups in total. The molecule has 5 nitrogen and oxygen atoms in total. The Balaban J connectivity index is 3.38. The van der Waals surface area contributed by atoms with Crippen molar-refractivity contribution in [2.75, 3.05) is 13.2 Å². The summed E-state index contributed by atoms with van der Waals surface area (Å²) in [6, 6.07) is 0. The molecule has 0 fully saturated rings. The lowest BCUT2D eigenvalue weighted by Gasteiger charge is -2.15. The fourth-order valence-corrected chi connectivity index (χ4v) is 11.0. The molecule has 450 valence electrons. The SMILES string of the molecule is CCCCCCCCCC/C=C\CCCCCCCCCCCCCCCCCCCCCCCC(=O)OC(CO)COC(=O)CCCCCCCCCCCCCCCCCCC/C=C\CCCCCCCCCC. The first kappa shape index (κ1) is 74.4. The van der Waals surface area contributed by atoms with E-state index in [2.05, 4.69) is 38.2 Å². The van der Waals surface area contributed by atoms with Crippen molar-refractivity contribution in [3.8, 4) is 0 Å². The van der Waals surface area contributed by atoms with Gasteiger partial charge in [-0.2, -0.15) is 0 Å². The standard InChI is InChI=1S/C71H136O5/c1-3-5-7-9-11-13-15-17-19-21-23-25-27-29-31-33-34-35-36-38-40-42-44-46-48-50-52-54-56-58-60-62-64-66-71(74)76-69(67-72)68-75-70(73)65-63-61-59-57-55-53-51-49-47-45-43-41-39-37-32-30-28-26-24-22-20-18-16-14-12-10-8-6-4-2/h21-24,69,72H,3-20,25-68H2,1-2H3/b23-21-,24-22-. The molecule has 76 heavy (non-hydrogen) atoms. The van der Waals surface area contributed by atoms with Gasteiger partial charge in [0.25, 0.3) is 0 Å². The molecule has 0 aliphatic heterocycles. The largest absolute Gasteiger partial charge is 0.462 e. The molecule has 0 aliphatic rings. The van der Waals surface area contributed by atoms with Crippen LogP contribution in [0.1, 0.15) is 399 Å². The number of aliphatic hydroxyl groups is 1. The monoisotopic (exact) mass is 1070 g/mol. The first-order valence-electron chi connectivity index (χ1n) is 34.9. The van der Waals surface area contributed by atoms with Crippen molar-refractivity contribution in [3.05, 3.63) is 24.3 Å². The highest BCUT2D eigenvalue weighted by atomic mass is 16.6. The van der Waals surface area contributed by atoms with E-state index in [4.69, 9.17) is 9.47 Å². The molecule has 0 heterocycles. The van der Waals surface area contributed by atoms with Crippen molar-refractivity contribution >= 4 is 11.9 Å². The fourth-order valence-electron chi connectivity index (χ4n) is 11.0. The summed E-state index contributed by atoms with van der Waals surface area (Å²) in [6.45, 7) is 4.21. The van der Waals surface area contributed by atoms with Crippen LogP contribution in [0.2, 0.25) is 0 Å². The van der Waals surface area contributed by atoms with E-state index >= 15 is 0 Å². The first-order valence-corrected chi connectivity index (χ1v) is 34.9. The van der Waals surface area contributed by atoms with E-state index in [0.717, 1.165) is 32.1 Å². The Morgan fingerprint density at radius 3 is 0.711 bits per heavy atom. The van der Waals surface area contributed by atoms with Crippen LogP contribution in [0.3, 0.4) is 0 Å². The van der Waals surface area contributed by atoms with Gasteiger partial charge in [-0.3, -0.25) is 9.59 Å². The van der Waals surface area contributed by atoms with Gasteiger partial charge >= 0.3 is 11.9 Å². The molecule has 0 rings (SSSR count). The van der Waals surface area contributed by atoms with Crippen LogP contribution in [-0.2, 0) is 19.1 Å². The Labute approximate surface area is 476 Å². The van der Waals surface area contributed by atoms with Crippen LogP contribution in [0.15, 0.2) is 24.3 Å². The molecule has 1 unspecified atom stereocenters. The summed E-state index contributed by atoms with van der Waals surface area (Å²) in [5.74, 6) is -0.564. The summed E-state index contributed by atoms with van der Waals surface area (Å²) in [7, 11) is 0. The zero-order valence-electron chi connectivity index (χ0n) is 51.8. The van der Waals surface area contributed by atoms with Crippen molar-refractivity contribution in [3.63, 3.8) is 0 Å². The summed E-state index contributed by atoms with van der Waals surface area (Å²) in [5, 5.41) is 9.70. The smallest absolute Gasteiger partial charge is 0.306 e. The maximum Gasteiger partial charge on any atom is 0.306 e. The highest BCUT2D eigenvalue weighted by molar-refractivity contribution is 5.70. The Kier molecular flexibility index (Phi) is 66.2. The summed E-state index contributed by atoms with van der Waals surface area (Å²) >= 11 is 0. The van der Waals surface area contributed by atoms with Crippen molar-refractivity contribution < 1.29 is 24.2 Å². The second-order valence-corrected chi connectivity index (χ2v) is 24.0. The molecule has 0 radical (unpaired) electrons. The average Bonchev–Trinajstić information content (AvgIpc) is 3.42. The minimum atomic E-state index is -0.769. The van der Waals surface area contributed by atoms with E-state index in [-0.39, 0.29) is 25.2 Å². The van der Waals surface area contributed by atoms with Crippen molar-refractivity contribution in [1.82, 2.24) is 0 Å². The summed E-state index contributed by atoms with van der Waals surface area (Å²) in [6.07, 6.45) is 87.9. The van der Waals surface area contributed by atoms with Gasteiger partial charge in [0.2, 0.25) is 0 Å². The number of carbonyl (C=O) groups excluding carboxylic acids is 2. The zero-order chi connectivity index (χ0) is 54.8.